The molecular formula is C15H28N2O2. The molecule has 1 aliphatic heterocycles. The molecule has 1 N–H and O–H groups in total. The first kappa shape index (κ1) is 14.8. The zero-order valence-electron chi connectivity index (χ0n) is 12.2. The van der Waals surface area contributed by atoms with Crippen molar-refractivity contribution in [2.45, 2.75) is 63.5 Å². The summed E-state index contributed by atoms with van der Waals surface area (Å²) in [7, 11) is 1.94. The second-order valence-electron chi connectivity index (χ2n) is 5.83. The van der Waals surface area contributed by atoms with E-state index in [1.54, 1.807) is 0 Å². The van der Waals surface area contributed by atoms with Crippen LogP contribution in [0.1, 0.15) is 51.4 Å². The van der Waals surface area contributed by atoms with Crippen molar-refractivity contribution < 1.29 is 9.53 Å². The highest BCUT2D eigenvalue weighted by Gasteiger charge is 2.29. The van der Waals surface area contributed by atoms with Gasteiger partial charge in [-0.25, -0.2) is 0 Å². The van der Waals surface area contributed by atoms with Crippen LogP contribution in [-0.4, -0.2) is 49.7 Å². The quantitative estimate of drug-likeness (QED) is 0.717. The third-order valence-electron chi connectivity index (χ3n) is 4.33. The molecule has 1 saturated heterocycles. The monoisotopic (exact) mass is 268 g/mol. The highest BCUT2D eigenvalue weighted by Crippen LogP contribution is 2.26. The van der Waals surface area contributed by atoms with Gasteiger partial charge >= 0.3 is 0 Å². The lowest BCUT2D eigenvalue weighted by Gasteiger charge is -2.31. The summed E-state index contributed by atoms with van der Waals surface area (Å²) in [4.78, 5) is 14.6. The summed E-state index contributed by atoms with van der Waals surface area (Å²) in [6.07, 6.45) is 9.08. The van der Waals surface area contributed by atoms with E-state index in [1.165, 1.54) is 25.7 Å². The molecule has 1 heterocycles. The standard InChI is InChI=1S/C15H28N2O2/c1-16-10-4-9-15(18)17(13-6-2-3-7-13)12-14-8-5-11-19-14/h13-14,16H,2-12H2,1H3. The predicted molar refractivity (Wildman–Crippen MR) is 76.1 cm³/mol. The minimum atomic E-state index is 0.286. The first-order valence-corrected chi connectivity index (χ1v) is 7.87. The Morgan fingerprint density at radius 1 is 1.26 bits per heavy atom. The van der Waals surface area contributed by atoms with Crippen molar-refractivity contribution in [3.05, 3.63) is 0 Å². The molecule has 0 aromatic rings. The Morgan fingerprint density at radius 2 is 2.05 bits per heavy atom. The number of nitrogens with one attached hydrogen (secondary N) is 1. The first-order valence-electron chi connectivity index (χ1n) is 7.87. The lowest BCUT2D eigenvalue weighted by Crippen LogP contribution is -2.43. The van der Waals surface area contributed by atoms with Crippen LogP contribution in [0.5, 0.6) is 0 Å². The van der Waals surface area contributed by atoms with E-state index in [0.717, 1.165) is 39.0 Å². The summed E-state index contributed by atoms with van der Waals surface area (Å²) < 4.78 is 5.71. The van der Waals surface area contributed by atoms with Crippen molar-refractivity contribution in [3.8, 4) is 0 Å². The van der Waals surface area contributed by atoms with E-state index in [0.29, 0.717) is 18.4 Å². The summed E-state index contributed by atoms with van der Waals surface area (Å²) in [6, 6.07) is 0.478. The molecule has 4 heteroatoms. The van der Waals surface area contributed by atoms with Crippen molar-refractivity contribution in [2.75, 3.05) is 26.7 Å². The molecular weight excluding hydrogens is 240 g/mol. The molecule has 2 fully saturated rings. The van der Waals surface area contributed by atoms with E-state index in [9.17, 15) is 4.79 Å². The van der Waals surface area contributed by atoms with Gasteiger partial charge in [0, 0.05) is 25.6 Å². The van der Waals surface area contributed by atoms with Crippen LogP contribution in [0.2, 0.25) is 0 Å². The Labute approximate surface area is 116 Å². The Hall–Kier alpha value is -0.610. The van der Waals surface area contributed by atoms with Crippen LogP contribution in [0, 0.1) is 0 Å². The zero-order valence-corrected chi connectivity index (χ0v) is 12.2. The van der Waals surface area contributed by atoms with Gasteiger partial charge in [-0.15, -0.1) is 0 Å². The number of nitrogens with zero attached hydrogens (tertiary/aromatic N) is 1. The van der Waals surface area contributed by atoms with E-state index in [1.807, 2.05) is 7.05 Å². The smallest absolute Gasteiger partial charge is 0.222 e. The zero-order chi connectivity index (χ0) is 13.5. The van der Waals surface area contributed by atoms with E-state index in [2.05, 4.69) is 10.2 Å². The number of hydrogen-bond acceptors (Lipinski definition) is 3. The van der Waals surface area contributed by atoms with Crippen LogP contribution in [0.4, 0.5) is 0 Å². The average molecular weight is 268 g/mol. The summed E-state index contributed by atoms with van der Waals surface area (Å²) >= 11 is 0. The molecule has 4 nitrogen and oxygen atoms in total. The van der Waals surface area contributed by atoms with Gasteiger partial charge in [0.15, 0.2) is 0 Å². The normalized spacial score (nSPS) is 23.9. The van der Waals surface area contributed by atoms with Gasteiger partial charge in [0.05, 0.1) is 6.10 Å². The molecule has 0 spiro atoms. The Kier molecular flexibility index (Phi) is 6.11. The molecule has 2 rings (SSSR count). The van der Waals surface area contributed by atoms with Crippen LogP contribution in [0.15, 0.2) is 0 Å². The fourth-order valence-corrected chi connectivity index (χ4v) is 3.24. The lowest BCUT2D eigenvalue weighted by molar-refractivity contribution is -0.135. The number of rotatable bonds is 7. The number of amides is 1. The topological polar surface area (TPSA) is 41.6 Å². The van der Waals surface area contributed by atoms with Crippen molar-refractivity contribution in [1.82, 2.24) is 10.2 Å². The second-order valence-corrected chi connectivity index (χ2v) is 5.83. The van der Waals surface area contributed by atoms with Crippen molar-refractivity contribution >= 4 is 5.91 Å². The van der Waals surface area contributed by atoms with Crippen LogP contribution >= 0.6 is 0 Å². The van der Waals surface area contributed by atoms with Gasteiger partial charge < -0.3 is 15.0 Å². The third-order valence-corrected chi connectivity index (χ3v) is 4.33. The van der Waals surface area contributed by atoms with Crippen molar-refractivity contribution in [2.24, 2.45) is 0 Å². The molecule has 19 heavy (non-hydrogen) atoms. The number of ether oxygens (including phenoxy) is 1. The van der Waals surface area contributed by atoms with Gasteiger partial charge in [-0.3, -0.25) is 4.79 Å². The third kappa shape index (κ3) is 4.46. The minimum absolute atomic E-state index is 0.286. The first-order chi connectivity index (χ1) is 9.31. The number of carbonyl (C=O) groups is 1. The Morgan fingerprint density at radius 3 is 2.68 bits per heavy atom. The van der Waals surface area contributed by atoms with Gasteiger partial charge in [0.2, 0.25) is 5.91 Å². The van der Waals surface area contributed by atoms with Crippen molar-refractivity contribution in [1.29, 1.82) is 0 Å². The summed E-state index contributed by atoms with van der Waals surface area (Å²) in [5, 5.41) is 3.11. The van der Waals surface area contributed by atoms with E-state index in [4.69, 9.17) is 4.74 Å². The molecule has 110 valence electrons. The second kappa shape index (κ2) is 7.85. The molecule has 1 unspecified atom stereocenters. The lowest BCUT2D eigenvalue weighted by atomic mass is 10.1. The summed E-state index contributed by atoms with van der Waals surface area (Å²) in [6.45, 7) is 2.62. The van der Waals surface area contributed by atoms with Gasteiger partial charge in [-0.2, -0.15) is 0 Å². The fraction of sp³-hybridized carbons (Fsp3) is 0.933. The summed E-state index contributed by atoms with van der Waals surface area (Å²) in [5.74, 6) is 0.331. The Balaban J connectivity index is 1.86. The fourth-order valence-electron chi connectivity index (χ4n) is 3.24. The van der Waals surface area contributed by atoms with Gasteiger partial charge in [0.25, 0.3) is 0 Å². The molecule has 0 bridgehead atoms. The molecule has 0 aromatic carbocycles. The van der Waals surface area contributed by atoms with Crippen molar-refractivity contribution in [3.63, 3.8) is 0 Å². The maximum atomic E-state index is 12.4. The molecule has 2 aliphatic rings. The molecule has 0 radical (unpaired) electrons. The van der Waals surface area contributed by atoms with E-state index >= 15 is 0 Å². The molecule has 1 aliphatic carbocycles. The maximum Gasteiger partial charge on any atom is 0.222 e. The maximum absolute atomic E-state index is 12.4. The van der Waals surface area contributed by atoms with Crippen LogP contribution in [-0.2, 0) is 9.53 Å². The van der Waals surface area contributed by atoms with Gasteiger partial charge in [0.1, 0.15) is 0 Å². The molecule has 1 amide bonds. The van der Waals surface area contributed by atoms with Gasteiger partial charge in [-0.1, -0.05) is 12.8 Å². The minimum Gasteiger partial charge on any atom is -0.376 e. The van der Waals surface area contributed by atoms with Crippen LogP contribution < -0.4 is 5.32 Å². The van der Waals surface area contributed by atoms with E-state index < -0.39 is 0 Å². The predicted octanol–water partition coefficient (Wildman–Crippen LogP) is 1.94. The SMILES string of the molecule is CNCCCC(=O)N(CC1CCCO1)C1CCCC1. The molecule has 1 saturated carbocycles. The molecule has 1 atom stereocenters. The average Bonchev–Trinajstić information content (AvgIpc) is 3.09. The van der Waals surface area contributed by atoms with Gasteiger partial charge in [-0.05, 0) is 45.7 Å². The highest BCUT2D eigenvalue weighted by molar-refractivity contribution is 5.76. The highest BCUT2D eigenvalue weighted by atomic mass is 16.5. The largest absolute Gasteiger partial charge is 0.376 e. The number of carbonyl (C=O) groups excluding carboxylic acids is 1. The van der Waals surface area contributed by atoms with E-state index in [-0.39, 0.29) is 6.10 Å². The number of hydrogen-bond donors (Lipinski definition) is 1. The van der Waals surface area contributed by atoms with Crippen LogP contribution in [0.25, 0.3) is 0 Å². The summed E-state index contributed by atoms with van der Waals surface area (Å²) in [5.41, 5.74) is 0. The molecule has 0 aromatic heterocycles. The Bertz CT molecular complexity index is 271. The van der Waals surface area contributed by atoms with Crippen LogP contribution in [0.3, 0.4) is 0 Å².